The molecule has 2 fully saturated rings. The van der Waals surface area contributed by atoms with Gasteiger partial charge in [-0.05, 0) is 43.9 Å². The van der Waals surface area contributed by atoms with Crippen LogP contribution in [0.25, 0.3) is 0 Å². The average molecular weight is 447 g/mol. The molecule has 1 aromatic carbocycles. The van der Waals surface area contributed by atoms with E-state index in [0.717, 1.165) is 55.3 Å². The van der Waals surface area contributed by atoms with Gasteiger partial charge in [0, 0.05) is 17.2 Å². The molecule has 1 aromatic rings. The molecule has 1 aliphatic carbocycles. The van der Waals surface area contributed by atoms with Crippen molar-refractivity contribution in [3.8, 4) is 0 Å². The number of amides is 2. The summed E-state index contributed by atoms with van der Waals surface area (Å²) in [6.45, 7) is 0. The quantitative estimate of drug-likeness (QED) is 0.663. The predicted molar refractivity (Wildman–Crippen MR) is 107 cm³/mol. The average Bonchev–Trinajstić information content (AvgIpc) is 3.01. The van der Waals surface area contributed by atoms with Crippen LogP contribution in [0.1, 0.15) is 44.1 Å². The number of carbonyl (C=O) groups excluding carboxylic acids is 2. The van der Waals surface area contributed by atoms with Gasteiger partial charge in [0.1, 0.15) is 5.25 Å². The van der Waals surface area contributed by atoms with Gasteiger partial charge in [-0.25, -0.2) is 0 Å². The van der Waals surface area contributed by atoms with Gasteiger partial charge >= 0.3 is 6.18 Å². The van der Waals surface area contributed by atoms with Crippen LogP contribution in [0.4, 0.5) is 18.9 Å². The van der Waals surface area contributed by atoms with Gasteiger partial charge < -0.3 is 10.6 Å². The maximum Gasteiger partial charge on any atom is 0.418 e. The second-order valence-electron chi connectivity index (χ2n) is 6.67. The van der Waals surface area contributed by atoms with Crippen molar-refractivity contribution in [2.75, 3.05) is 5.32 Å². The number of nitrogens with one attached hydrogen (secondary N) is 2. The van der Waals surface area contributed by atoms with Gasteiger partial charge in [0.2, 0.25) is 11.8 Å². The van der Waals surface area contributed by atoms with Crippen molar-refractivity contribution < 1.29 is 22.8 Å². The van der Waals surface area contributed by atoms with Gasteiger partial charge in [0.15, 0.2) is 5.17 Å². The zero-order valence-electron chi connectivity index (χ0n) is 15.2. The Morgan fingerprint density at radius 2 is 1.97 bits per heavy atom. The molecule has 156 valence electrons. The van der Waals surface area contributed by atoms with Gasteiger partial charge in [-0.2, -0.15) is 18.3 Å². The highest BCUT2D eigenvalue weighted by Gasteiger charge is 2.36. The predicted octanol–water partition coefficient (Wildman–Crippen LogP) is 4.60. The molecule has 11 heteroatoms. The molecule has 0 radical (unpaired) electrons. The third-order valence-corrected chi connectivity index (χ3v) is 5.73. The maximum atomic E-state index is 13.1. The molecule has 1 aliphatic heterocycles. The molecular formula is C18H18ClF3N4O2S. The highest BCUT2D eigenvalue weighted by molar-refractivity contribution is 8.15. The monoisotopic (exact) mass is 446 g/mol. The second kappa shape index (κ2) is 9.17. The van der Waals surface area contributed by atoms with Crippen LogP contribution in [0.15, 0.2) is 28.4 Å². The zero-order chi connectivity index (χ0) is 21.0. The first-order valence-corrected chi connectivity index (χ1v) is 10.3. The number of carbonyl (C=O) groups is 2. The molecule has 29 heavy (non-hydrogen) atoms. The SMILES string of the molecule is O=C(C[C@@H]1S/C(=N/N=C2CCCCC2)NC1=O)Nc1ccc(Cl)cc1C(F)(F)F. The van der Waals surface area contributed by atoms with Crippen LogP contribution in [-0.4, -0.2) is 27.9 Å². The number of amidine groups is 1. The van der Waals surface area contributed by atoms with E-state index < -0.39 is 34.5 Å². The van der Waals surface area contributed by atoms with E-state index in [-0.39, 0.29) is 16.6 Å². The Hall–Kier alpha value is -2.07. The molecule has 6 nitrogen and oxygen atoms in total. The fourth-order valence-electron chi connectivity index (χ4n) is 2.99. The summed E-state index contributed by atoms with van der Waals surface area (Å²) in [7, 11) is 0. The number of hydrogen-bond acceptors (Lipinski definition) is 5. The van der Waals surface area contributed by atoms with Gasteiger partial charge in [-0.3, -0.25) is 9.59 Å². The van der Waals surface area contributed by atoms with Crippen molar-refractivity contribution >= 4 is 51.7 Å². The highest BCUT2D eigenvalue weighted by Crippen LogP contribution is 2.36. The van der Waals surface area contributed by atoms with E-state index in [9.17, 15) is 22.8 Å². The molecule has 0 bridgehead atoms. The molecular weight excluding hydrogens is 429 g/mol. The summed E-state index contributed by atoms with van der Waals surface area (Å²) in [5.41, 5.74) is -0.484. The maximum absolute atomic E-state index is 13.1. The van der Waals surface area contributed by atoms with Crippen LogP contribution in [0, 0.1) is 0 Å². The summed E-state index contributed by atoms with van der Waals surface area (Å²) < 4.78 is 39.4. The molecule has 2 aliphatic rings. The van der Waals surface area contributed by atoms with E-state index in [1.807, 2.05) is 0 Å². The number of hydrogen-bond donors (Lipinski definition) is 2. The van der Waals surface area contributed by atoms with E-state index in [1.54, 1.807) is 0 Å². The third-order valence-electron chi connectivity index (χ3n) is 4.42. The van der Waals surface area contributed by atoms with Gasteiger partial charge in [0.25, 0.3) is 0 Å². The lowest BCUT2D eigenvalue weighted by Crippen LogP contribution is -2.28. The number of nitrogens with zero attached hydrogens (tertiary/aromatic N) is 2. The number of halogens is 4. The lowest BCUT2D eigenvalue weighted by atomic mass is 9.99. The van der Waals surface area contributed by atoms with E-state index in [2.05, 4.69) is 20.8 Å². The summed E-state index contributed by atoms with van der Waals surface area (Å²) in [6, 6.07) is 3.07. The first-order chi connectivity index (χ1) is 13.7. The normalized spacial score (nSPS) is 21.2. The summed E-state index contributed by atoms with van der Waals surface area (Å²) in [5.74, 6) is -1.15. The zero-order valence-corrected chi connectivity index (χ0v) is 16.8. The lowest BCUT2D eigenvalue weighted by Gasteiger charge is -2.14. The minimum Gasteiger partial charge on any atom is -0.325 e. The number of rotatable bonds is 4. The minimum absolute atomic E-state index is 0.0958. The lowest BCUT2D eigenvalue weighted by molar-refractivity contribution is -0.137. The summed E-state index contributed by atoms with van der Waals surface area (Å²) in [5, 5.41) is 12.4. The first-order valence-electron chi connectivity index (χ1n) is 9.00. The Labute approximate surface area is 174 Å². The van der Waals surface area contributed by atoms with E-state index in [0.29, 0.717) is 0 Å². The minimum atomic E-state index is -4.68. The molecule has 1 atom stereocenters. The molecule has 3 rings (SSSR count). The first kappa shape index (κ1) is 21.6. The summed E-state index contributed by atoms with van der Waals surface area (Å²) >= 11 is 6.66. The number of benzene rings is 1. The Bertz CT molecular complexity index is 865. The standard InChI is InChI=1S/C18H18ClF3N4O2S/c19-10-6-7-13(12(8-10)18(20,21)22)23-15(27)9-14-16(28)24-17(29-14)26-25-11-4-2-1-3-5-11/h6-8,14H,1-5,9H2,(H,23,27)(H,24,26,28)/t14-/m0/s1. The molecule has 1 heterocycles. The van der Waals surface area contributed by atoms with Crippen LogP contribution in [-0.2, 0) is 15.8 Å². The van der Waals surface area contributed by atoms with Crippen molar-refractivity contribution in [2.45, 2.75) is 50.0 Å². The van der Waals surface area contributed by atoms with Crippen LogP contribution < -0.4 is 10.6 Å². The van der Waals surface area contributed by atoms with Crippen molar-refractivity contribution in [1.82, 2.24) is 5.32 Å². The van der Waals surface area contributed by atoms with E-state index in [1.165, 1.54) is 12.5 Å². The van der Waals surface area contributed by atoms with Crippen LogP contribution >= 0.6 is 23.4 Å². The van der Waals surface area contributed by atoms with Crippen molar-refractivity contribution in [1.29, 1.82) is 0 Å². The fraction of sp³-hybridized carbons (Fsp3) is 0.444. The second-order valence-corrected chi connectivity index (χ2v) is 8.30. The number of alkyl halides is 3. The Kier molecular flexibility index (Phi) is 6.84. The number of anilines is 1. The third kappa shape index (κ3) is 5.96. The van der Waals surface area contributed by atoms with Gasteiger partial charge in [-0.1, -0.05) is 29.8 Å². The molecule has 2 N–H and O–H groups in total. The van der Waals surface area contributed by atoms with Crippen molar-refractivity contribution in [3.05, 3.63) is 28.8 Å². The van der Waals surface area contributed by atoms with Gasteiger partial charge in [0.05, 0.1) is 11.3 Å². The Balaban J connectivity index is 1.62. The molecule has 1 saturated heterocycles. The molecule has 0 aromatic heterocycles. The van der Waals surface area contributed by atoms with Crippen LogP contribution in [0.5, 0.6) is 0 Å². The highest BCUT2D eigenvalue weighted by atomic mass is 35.5. The Morgan fingerprint density at radius 3 is 2.66 bits per heavy atom. The van der Waals surface area contributed by atoms with Crippen molar-refractivity contribution in [2.24, 2.45) is 10.2 Å². The smallest absolute Gasteiger partial charge is 0.325 e. The van der Waals surface area contributed by atoms with Crippen LogP contribution in [0.2, 0.25) is 5.02 Å². The Morgan fingerprint density at radius 1 is 1.24 bits per heavy atom. The summed E-state index contributed by atoms with van der Waals surface area (Å²) in [4.78, 5) is 24.3. The van der Waals surface area contributed by atoms with E-state index in [4.69, 9.17) is 11.6 Å². The molecule has 1 saturated carbocycles. The largest absolute Gasteiger partial charge is 0.418 e. The number of thioether (sulfide) groups is 1. The molecule has 2 amide bonds. The fourth-order valence-corrected chi connectivity index (χ4v) is 4.08. The van der Waals surface area contributed by atoms with Crippen LogP contribution in [0.3, 0.4) is 0 Å². The van der Waals surface area contributed by atoms with Crippen molar-refractivity contribution in [3.63, 3.8) is 0 Å². The molecule has 0 unspecified atom stereocenters. The molecule has 0 spiro atoms. The van der Waals surface area contributed by atoms with Gasteiger partial charge in [-0.15, -0.1) is 5.10 Å². The van der Waals surface area contributed by atoms with E-state index >= 15 is 0 Å². The topological polar surface area (TPSA) is 82.9 Å². The summed E-state index contributed by atoms with van der Waals surface area (Å²) in [6.07, 6.45) is 0.0833.